The maximum atomic E-state index is 13.0. The maximum Gasteiger partial charge on any atom is 0.277 e. The van der Waals surface area contributed by atoms with Gasteiger partial charge in [-0.05, 0) is 44.6 Å². The van der Waals surface area contributed by atoms with Crippen LogP contribution in [0.1, 0.15) is 62.9 Å². The van der Waals surface area contributed by atoms with Crippen molar-refractivity contribution in [3.8, 4) is 0 Å². The molecule has 3 aromatic heterocycles. The van der Waals surface area contributed by atoms with E-state index in [1.807, 2.05) is 19.9 Å². The molecule has 2 aliphatic carbocycles. The van der Waals surface area contributed by atoms with Crippen LogP contribution in [0.5, 0.6) is 0 Å². The summed E-state index contributed by atoms with van der Waals surface area (Å²) in [6, 6.07) is 4.48. The second-order valence-electron chi connectivity index (χ2n) is 9.65. The van der Waals surface area contributed by atoms with Gasteiger partial charge in [0.1, 0.15) is 18.0 Å². The summed E-state index contributed by atoms with van der Waals surface area (Å²) in [4.78, 5) is 37.4. The molecule has 0 spiro atoms. The Labute approximate surface area is 203 Å². The van der Waals surface area contributed by atoms with Crippen molar-refractivity contribution in [1.82, 2.24) is 29.9 Å². The molecule has 5 rings (SSSR count). The maximum absolute atomic E-state index is 13.0. The van der Waals surface area contributed by atoms with Crippen LogP contribution in [0.4, 0.5) is 17.3 Å². The fraction of sp³-hybridized carbons (Fsp3) is 0.500. The van der Waals surface area contributed by atoms with Crippen LogP contribution in [-0.2, 0) is 4.79 Å². The standard InChI is InChI=1S/C24H31N9O2/c1-14(2)23(34)30-17-7-5-16(6-8-17)29-21-11-18(28-15-3-4-15)22-26-12-19(33(22)32-21)24(35)31-20-9-10-25-13-27-20/h9-17,28H,3-8H2,1-2H3,(H,29,32)(H,30,34)(H,25,27,31,35)/t16-,17-. The van der Waals surface area contributed by atoms with Gasteiger partial charge in [-0.25, -0.2) is 19.5 Å². The average molecular weight is 478 g/mol. The largest absolute Gasteiger partial charge is 0.379 e. The molecule has 0 bridgehead atoms. The lowest BCUT2D eigenvalue weighted by Gasteiger charge is -2.30. The topological polar surface area (TPSA) is 138 Å². The highest BCUT2D eigenvalue weighted by Gasteiger charge is 2.26. The van der Waals surface area contributed by atoms with Gasteiger partial charge in [0.25, 0.3) is 5.91 Å². The number of carbonyl (C=O) groups is 2. The molecule has 0 radical (unpaired) electrons. The first kappa shape index (κ1) is 23.0. The Bertz CT molecular complexity index is 1200. The van der Waals surface area contributed by atoms with E-state index >= 15 is 0 Å². The molecule has 2 amide bonds. The van der Waals surface area contributed by atoms with E-state index < -0.39 is 0 Å². The number of aromatic nitrogens is 5. The molecule has 2 aliphatic rings. The molecule has 4 N–H and O–H groups in total. The molecule has 3 heterocycles. The van der Waals surface area contributed by atoms with Crippen LogP contribution in [0.3, 0.4) is 0 Å². The summed E-state index contributed by atoms with van der Waals surface area (Å²) in [5, 5.41) is 17.7. The van der Waals surface area contributed by atoms with E-state index in [2.05, 4.69) is 36.2 Å². The number of carbonyl (C=O) groups excluding carboxylic acids is 2. The third-order valence-corrected chi connectivity index (χ3v) is 6.41. The Balaban J connectivity index is 1.33. The predicted octanol–water partition coefficient (Wildman–Crippen LogP) is 2.84. The van der Waals surface area contributed by atoms with Crippen LogP contribution in [0.2, 0.25) is 0 Å². The number of anilines is 3. The molecule has 11 heteroatoms. The summed E-state index contributed by atoms with van der Waals surface area (Å²) < 4.78 is 1.58. The van der Waals surface area contributed by atoms with E-state index in [-0.39, 0.29) is 29.8 Å². The van der Waals surface area contributed by atoms with Gasteiger partial charge in [-0.1, -0.05) is 13.8 Å². The van der Waals surface area contributed by atoms with E-state index in [1.54, 1.807) is 16.8 Å². The van der Waals surface area contributed by atoms with Gasteiger partial charge in [-0.15, -0.1) is 5.10 Å². The first-order valence-electron chi connectivity index (χ1n) is 12.3. The molecule has 11 nitrogen and oxygen atoms in total. The van der Waals surface area contributed by atoms with E-state index in [4.69, 9.17) is 5.10 Å². The molecule has 2 saturated carbocycles. The first-order valence-corrected chi connectivity index (χ1v) is 12.3. The minimum Gasteiger partial charge on any atom is -0.379 e. The van der Waals surface area contributed by atoms with E-state index in [9.17, 15) is 9.59 Å². The Kier molecular flexibility index (Phi) is 6.47. The third-order valence-electron chi connectivity index (χ3n) is 6.41. The zero-order chi connectivity index (χ0) is 24.4. The van der Waals surface area contributed by atoms with Crippen molar-refractivity contribution in [2.24, 2.45) is 5.92 Å². The van der Waals surface area contributed by atoms with Crippen LogP contribution in [0.25, 0.3) is 5.65 Å². The van der Waals surface area contributed by atoms with Crippen molar-refractivity contribution in [2.75, 3.05) is 16.0 Å². The third kappa shape index (κ3) is 5.50. The van der Waals surface area contributed by atoms with Crippen molar-refractivity contribution in [3.05, 3.63) is 36.5 Å². The fourth-order valence-corrected chi connectivity index (χ4v) is 4.25. The number of nitrogens with zero attached hydrogens (tertiary/aromatic N) is 5. The van der Waals surface area contributed by atoms with Gasteiger partial charge >= 0.3 is 0 Å². The lowest BCUT2D eigenvalue weighted by molar-refractivity contribution is -0.124. The van der Waals surface area contributed by atoms with Crippen LogP contribution >= 0.6 is 0 Å². The highest BCUT2D eigenvalue weighted by atomic mass is 16.2. The van der Waals surface area contributed by atoms with Crippen LogP contribution in [0, 0.1) is 5.92 Å². The van der Waals surface area contributed by atoms with Crippen LogP contribution in [-0.4, -0.2) is 54.5 Å². The minimum atomic E-state index is -0.348. The monoisotopic (exact) mass is 477 g/mol. The number of hydrogen-bond acceptors (Lipinski definition) is 8. The molecule has 0 aliphatic heterocycles. The Morgan fingerprint density at radius 2 is 1.69 bits per heavy atom. The first-order chi connectivity index (χ1) is 17.0. The highest BCUT2D eigenvalue weighted by molar-refractivity contribution is 6.03. The molecular formula is C24H31N9O2. The predicted molar refractivity (Wildman–Crippen MR) is 132 cm³/mol. The van der Waals surface area contributed by atoms with Gasteiger partial charge in [0.2, 0.25) is 5.91 Å². The molecule has 0 atom stereocenters. The number of amides is 2. The lowest BCUT2D eigenvalue weighted by Crippen LogP contribution is -2.41. The Morgan fingerprint density at radius 1 is 0.971 bits per heavy atom. The quantitative estimate of drug-likeness (QED) is 0.389. The summed E-state index contributed by atoms with van der Waals surface area (Å²) in [6.07, 6.45) is 10.4. The van der Waals surface area contributed by atoms with Crippen molar-refractivity contribution in [3.63, 3.8) is 0 Å². The van der Waals surface area contributed by atoms with Gasteiger partial charge in [-0.3, -0.25) is 9.59 Å². The van der Waals surface area contributed by atoms with E-state index in [0.717, 1.165) is 44.2 Å². The zero-order valence-corrected chi connectivity index (χ0v) is 20.0. The van der Waals surface area contributed by atoms with Crippen molar-refractivity contribution in [2.45, 2.75) is 70.5 Å². The smallest absolute Gasteiger partial charge is 0.277 e. The lowest BCUT2D eigenvalue weighted by atomic mass is 9.91. The number of fused-ring (bicyclic) bond motifs is 1. The van der Waals surface area contributed by atoms with Crippen LogP contribution in [0.15, 0.2) is 30.9 Å². The number of nitrogens with one attached hydrogen (secondary N) is 4. The summed E-state index contributed by atoms with van der Waals surface area (Å²) in [7, 11) is 0. The van der Waals surface area contributed by atoms with Gasteiger partial charge in [0.05, 0.1) is 11.9 Å². The highest BCUT2D eigenvalue weighted by Crippen LogP contribution is 2.30. The zero-order valence-electron chi connectivity index (χ0n) is 20.0. The van der Waals surface area contributed by atoms with E-state index in [1.165, 1.54) is 12.5 Å². The second kappa shape index (κ2) is 9.85. The number of hydrogen-bond donors (Lipinski definition) is 4. The van der Waals surface area contributed by atoms with Crippen molar-refractivity contribution < 1.29 is 9.59 Å². The second-order valence-corrected chi connectivity index (χ2v) is 9.65. The number of imidazole rings is 1. The molecule has 35 heavy (non-hydrogen) atoms. The molecule has 3 aromatic rings. The summed E-state index contributed by atoms with van der Waals surface area (Å²) in [5.74, 6) is 0.850. The molecule has 0 saturated heterocycles. The Morgan fingerprint density at radius 3 is 2.37 bits per heavy atom. The summed E-state index contributed by atoms with van der Waals surface area (Å²) in [5.41, 5.74) is 1.78. The van der Waals surface area contributed by atoms with Crippen LogP contribution < -0.4 is 21.3 Å². The van der Waals surface area contributed by atoms with Gasteiger partial charge in [0.15, 0.2) is 11.3 Å². The minimum absolute atomic E-state index is 0.00456. The normalized spacial score (nSPS) is 20.0. The van der Waals surface area contributed by atoms with Gasteiger partial charge in [-0.2, -0.15) is 0 Å². The van der Waals surface area contributed by atoms with Crippen molar-refractivity contribution >= 4 is 34.8 Å². The molecule has 2 fully saturated rings. The Hall–Kier alpha value is -3.76. The summed E-state index contributed by atoms with van der Waals surface area (Å²) in [6.45, 7) is 3.82. The SMILES string of the molecule is CC(C)C(=O)N[C@H]1CC[C@H](Nc2cc(NC3CC3)c3ncc(C(=O)Nc4ccncn4)n3n2)CC1. The van der Waals surface area contributed by atoms with E-state index in [0.29, 0.717) is 29.0 Å². The molecule has 0 unspecified atom stereocenters. The average Bonchev–Trinajstić information content (AvgIpc) is 3.56. The fourth-order valence-electron chi connectivity index (χ4n) is 4.25. The summed E-state index contributed by atoms with van der Waals surface area (Å²) >= 11 is 0. The number of rotatable bonds is 8. The van der Waals surface area contributed by atoms with Gasteiger partial charge < -0.3 is 21.3 Å². The van der Waals surface area contributed by atoms with Crippen molar-refractivity contribution in [1.29, 1.82) is 0 Å². The molecule has 0 aromatic carbocycles. The molecule has 184 valence electrons. The molecular weight excluding hydrogens is 446 g/mol. The van der Waals surface area contributed by atoms with Gasteiger partial charge in [0, 0.05) is 36.3 Å².